The van der Waals surface area contributed by atoms with E-state index in [1.807, 2.05) is 0 Å². The van der Waals surface area contributed by atoms with E-state index in [0.29, 0.717) is 23.4 Å². The Morgan fingerprint density at radius 1 is 0.394 bits per heavy atom. The number of fused-ring (bicyclic) bond motifs is 9. The Morgan fingerprint density at radius 3 is 1.20 bits per heavy atom. The summed E-state index contributed by atoms with van der Waals surface area (Å²) >= 11 is 7.41. The van der Waals surface area contributed by atoms with E-state index in [9.17, 15) is 0 Å². The fourth-order valence-electron chi connectivity index (χ4n) is 10.8. The maximum atomic E-state index is 5.23. The highest BCUT2D eigenvalue weighted by Gasteiger charge is 2.19. The van der Waals surface area contributed by atoms with Gasteiger partial charge in [0.1, 0.15) is 0 Å². The highest BCUT2D eigenvalue weighted by atomic mass is 79.9. The van der Waals surface area contributed by atoms with E-state index in [1.165, 1.54) is 67.3 Å². The van der Waals surface area contributed by atoms with Crippen LogP contribution in [0.5, 0.6) is 0 Å². The van der Waals surface area contributed by atoms with Gasteiger partial charge in [-0.1, -0.05) is 106 Å². The molecule has 0 amide bonds. The first-order valence-electron chi connectivity index (χ1n) is 24.3. The molecule has 1 atom stereocenters. The van der Waals surface area contributed by atoms with Gasteiger partial charge in [-0.25, -0.2) is 15.0 Å². The van der Waals surface area contributed by atoms with E-state index in [-0.39, 0.29) is 0 Å². The summed E-state index contributed by atoms with van der Waals surface area (Å²) in [4.78, 5) is 15.7. The summed E-state index contributed by atoms with van der Waals surface area (Å²) in [6.07, 6.45) is 2.34. The molecule has 0 aliphatic rings. The van der Waals surface area contributed by atoms with Gasteiger partial charge in [0.25, 0.3) is 0 Å². The molecule has 4 aromatic heterocycles. The van der Waals surface area contributed by atoms with Crippen molar-refractivity contribution in [1.82, 2.24) is 28.7 Å². The fraction of sp³-hybridized carbons (Fsp3) is 0.0952. The minimum Gasteiger partial charge on any atom is -0.309 e. The molecule has 13 rings (SSSR count). The lowest BCUT2D eigenvalue weighted by molar-refractivity contribution is 0.665. The average Bonchev–Trinajstić information content (AvgIpc) is 4.03. The van der Waals surface area contributed by atoms with Crippen LogP contribution in [0.25, 0.3) is 117 Å². The summed E-state index contributed by atoms with van der Waals surface area (Å²) in [6, 6.07) is 69.9. The monoisotopic (exact) mass is 1040 g/mol. The molecule has 0 aliphatic heterocycles. The van der Waals surface area contributed by atoms with Crippen LogP contribution in [0.4, 0.5) is 0 Å². The summed E-state index contributed by atoms with van der Waals surface area (Å²) in [6.45, 7) is 6.78. The number of hydrogen-bond donors (Lipinski definition) is 0. The SMILES string of the molecule is CCCC(C)c1ccc2c(c1)c1cc(C)ccc1n2-c1ccc(-c2nc(-c3ccc(-n4c5ccccc5c5cc(Br)ccc54)cc3)nc(-c3ccc(-n4c5ccccc5c5cc(Br)ccc54)cc3)n2)cc1. The molecule has 8 heteroatoms. The second kappa shape index (κ2) is 17.3. The van der Waals surface area contributed by atoms with Gasteiger partial charge < -0.3 is 13.7 Å². The van der Waals surface area contributed by atoms with Gasteiger partial charge in [-0.15, -0.1) is 0 Å². The molecule has 0 aliphatic carbocycles. The summed E-state index contributed by atoms with van der Waals surface area (Å²) in [5.74, 6) is 2.33. The van der Waals surface area contributed by atoms with Crippen molar-refractivity contribution in [1.29, 1.82) is 0 Å². The van der Waals surface area contributed by atoms with Crippen LogP contribution in [-0.2, 0) is 0 Å². The first kappa shape index (κ1) is 43.4. The van der Waals surface area contributed by atoms with E-state index >= 15 is 0 Å². The quantitative estimate of drug-likeness (QED) is 0.145. The minimum atomic E-state index is 0.503. The molecule has 1 unspecified atom stereocenters. The molecule has 0 bridgehead atoms. The summed E-state index contributed by atoms with van der Waals surface area (Å²) in [5, 5.41) is 7.39. The number of benzene rings is 9. The lowest BCUT2D eigenvalue weighted by Gasteiger charge is -2.13. The van der Waals surface area contributed by atoms with Crippen molar-refractivity contribution in [2.24, 2.45) is 0 Å². The third kappa shape index (κ3) is 7.39. The standard InChI is InChI=1S/C63H46Br2N6/c1-4-9-39(3)43-21-31-58-52(35-43)51-34-38(2)14-30-57(51)71(58)48-28-19-42(20-29-48)63-67-61(40-15-24-46(25-16-40)69-55-12-7-5-10-49(55)53-36-44(64)22-32-59(53)69)66-62(68-63)41-17-26-47(27-18-41)70-56-13-8-6-11-50(56)54-37-45(65)23-33-60(54)70/h5-8,10-37,39H,4,9H2,1-3H3. The van der Waals surface area contributed by atoms with Gasteiger partial charge >= 0.3 is 0 Å². The molecule has 342 valence electrons. The second-order valence-electron chi connectivity index (χ2n) is 18.8. The van der Waals surface area contributed by atoms with E-state index in [0.717, 1.165) is 64.8 Å². The lowest BCUT2D eigenvalue weighted by Crippen LogP contribution is -2.01. The maximum absolute atomic E-state index is 5.23. The van der Waals surface area contributed by atoms with E-state index in [1.54, 1.807) is 0 Å². The zero-order chi connectivity index (χ0) is 47.9. The van der Waals surface area contributed by atoms with Gasteiger partial charge in [0.15, 0.2) is 17.5 Å². The molecular formula is C63H46Br2N6. The van der Waals surface area contributed by atoms with Crippen molar-refractivity contribution < 1.29 is 0 Å². The molecule has 0 radical (unpaired) electrons. The maximum Gasteiger partial charge on any atom is 0.164 e. The first-order valence-corrected chi connectivity index (χ1v) is 25.9. The average molecular weight is 1050 g/mol. The molecular weight excluding hydrogens is 1000 g/mol. The van der Waals surface area contributed by atoms with E-state index in [2.05, 4.69) is 260 Å². The van der Waals surface area contributed by atoms with E-state index in [4.69, 9.17) is 15.0 Å². The molecule has 0 fully saturated rings. The fourth-order valence-corrected chi connectivity index (χ4v) is 11.5. The van der Waals surface area contributed by atoms with Crippen molar-refractivity contribution in [3.05, 3.63) is 214 Å². The smallest absolute Gasteiger partial charge is 0.164 e. The number of hydrogen-bond acceptors (Lipinski definition) is 3. The molecule has 0 saturated heterocycles. The Hall–Kier alpha value is -7.65. The molecule has 0 spiro atoms. The Balaban J connectivity index is 0.925. The Kier molecular flexibility index (Phi) is 10.6. The predicted molar refractivity (Wildman–Crippen MR) is 303 cm³/mol. The zero-order valence-corrected chi connectivity index (χ0v) is 42.6. The van der Waals surface area contributed by atoms with Gasteiger partial charge in [0.2, 0.25) is 0 Å². The summed E-state index contributed by atoms with van der Waals surface area (Å²) < 4.78 is 9.16. The topological polar surface area (TPSA) is 53.5 Å². The molecule has 4 heterocycles. The number of aryl methyl sites for hydroxylation is 1. The lowest BCUT2D eigenvalue weighted by atomic mass is 9.95. The number of halogens is 2. The van der Waals surface area contributed by atoms with Crippen LogP contribution < -0.4 is 0 Å². The third-order valence-electron chi connectivity index (χ3n) is 14.3. The Labute approximate surface area is 428 Å². The van der Waals surface area contributed by atoms with Gasteiger partial charge in [0.05, 0.1) is 33.1 Å². The summed E-state index contributed by atoms with van der Waals surface area (Å²) in [5.41, 5.74) is 15.6. The third-order valence-corrected chi connectivity index (χ3v) is 15.3. The zero-order valence-electron chi connectivity index (χ0n) is 39.4. The molecule has 71 heavy (non-hydrogen) atoms. The first-order chi connectivity index (χ1) is 34.8. The number of para-hydroxylation sites is 2. The highest BCUT2D eigenvalue weighted by molar-refractivity contribution is 9.10. The minimum absolute atomic E-state index is 0.503. The number of nitrogens with zero attached hydrogens (tertiary/aromatic N) is 6. The van der Waals surface area contributed by atoms with Crippen molar-refractivity contribution in [2.45, 2.75) is 39.5 Å². The van der Waals surface area contributed by atoms with E-state index < -0.39 is 0 Å². The Bertz CT molecular complexity index is 4040. The van der Waals surface area contributed by atoms with Crippen LogP contribution in [0.2, 0.25) is 0 Å². The molecule has 0 N–H and O–H groups in total. The van der Waals surface area contributed by atoms with Gasteiger partial charge in [-0.05, 0) is 170 Å². The Morgan fingerprint density at radius 2 is 0.761 bits per heavy atom. The largest absolute Gasteiger partial charge is 0.309 e. The van der Waals surface area contributed by atoms with Crippen molar-refractivity contribution in [2.75, 3.05) is 0 Å². The van der Waals surface area contributed by atoms with Gasteiger partial charge in [-0.3, -0.25) is 0 Å². The molecule has 6 nitrogen and oxygen atoms in total. The molecule has 9 aromatic carbocycles. The van der Waals surface area contributed by atoms with Crippen LogP contribution in [-0.4, -0.2) is 28.7 Å². The van der Waals surface area contributed by atoms with Crippen LogP contribution in [0.3, 0.4) is 0 Å². The normalized spacial score (nSPS) is 12.4. The van der Waals surface area contributed by atoms with Crippen LogP contribution >= 0.6 is 31.9 Å². The van der Waals surface area contributed by atoms with Crippen LogP contribution in [0.15, 0.2) is 203 Å². The molecule has 0 saturated carbocycles. The van der Waals surface area contributed by atoms with Crippen LogP contribution in [0, 0.1) is 6.92 Å². The number of aromatic nitrogens is 6. The van der Waals surface area contributed by atoms with Gasteiger partial charge in [0, 0.05) is 75.0 Å². The predicted octanol–water partition coefficient (Wildman–Crippen LogP) is 17.9. The molecule has 13 aromatic rings. The number of rotatable bonds is 9. The van der Waals surface area contributed by atoms with Crippen LogP contribution in [0.1, 0.15) is 43.7 Å². The summed E-state index contributed by atoms with van der Waals surface area (Å²) in [7, 11) is 0. The van der Waals surface area contributed by atoms with Gasteiger partial charge in [-0.2, -0.15) is 0 Å². The van der Waals surface area contributed by atoms with Crippen molar-refractivity contribution in [3.8, 4) is 51.2 Å². The highest BCUT2D eigenvalue weighted by Crippen LogP contribution is 2.39. The second-order valence-corrected chi connectivity index (χ2v) is 20.6. The van der Waals surface area contributed by atoms with Crippen molar-refractivity contribution >= 4 is 97.3 Å². The van der Waals surface area contributed by atoms with Crippen molar-refractivity contribution in [3.63, 3.8) is 0 Å².